The summed E-state index contributed by atoms with van der Waals surface area (Å²) in [6.45, 7) is 4.03. The smallest absolute Gasteiger partial charge is 0.350 e. The second kappa shape index (κ2) is 9.57. The number of fused-ring (bicyclic) bond motifs is 1. The number of carbonyl (C=O) groups excluding carboxylic acids is 3. The number of ether oxygens (including phenoxy) is 4. The SMILES string of the molecule is CCOc1ccc(C2C3=C(OC4CCCCC4C3=O)C(=O)N2c2nc(C)c(C(=O)OC)s2)cc1OC. The first kappa shape index (κ1) is 24.3. The summed E-state index contributed by atoms with van der Waals surface area (Å²) >= 11 is 1.05. The van der Waals surface area contributed by atoms with Crippen molar-refractivity contribution in [2.75, 3.05) is 25.7 Å². The van der Waals surface area contributed by atoms with Gasteiger partial charge in [0.25, 0.3) is 5.91 Å². The number of thiazole rings is 1. The molecule has 10 heteroatoms. The van der Waals surface area contributed by atoms with E-state index < -0.39 is 17.9 Å². The first-order valence-electron chi connectivity index (χ1n) is 12.0. The lowest BCUT2D eigenvalue weighted by Crippen LogP contribution is -2.39. The van der Waals surface area contributed by atoms with Crippen LogP contribution in [0.1, 0.15) is 59.6 Å². The monoisotopic (exact) mass is 512 g/mol. The second-order valence-corrected chi connectivity index (χ2v) is 9.96. The first-order valence-corrected chi connectivity index (χ1v) is 12.9. The molecule has 0 spiro atoms. The van der Waals surface area contributed by atoms with Gasteiger partial charge in [0, 0.05) is 0 Å². The van der Waals surface area contributed by atoms with Gasteiger partial charge in [0.05, 0.1) is 44.1 Å². The molecule has 9 nitrogen and oxygen atoms in total. The highest BCUT2D eigenvalue weighted by Gasteiger charge is 2.53. The zero-order chi connectivity index (χ0) is 25.6. The Kier molecular flexibility index (Phi) is 6.46. The zero-order valence-electron chi connectivity index (χ0n) is 20.7. The molecule has 190 valence electrons. The fraction of sp³-hybridized carbons (Fsp3) is 0.462. The summed E-state index contributed by atoms with van der Waals surface area (Å²) in [7, 11) is 2.84. The van der Waals surface area contributed by atoms with Crippen molar-refractivity contribution in [1.82, 2.24) is 4.98 Å². The van der Waals surface area contributed by atoms with Crippen LogP contribution in [0, 0.1) is 12.8 Å². The van der Waals surface area contributed by atoms with Gasteiger partial charge in [-0.15, -0.1) is 0 Å². The summed E-state index contributed by atoms with van der Waals surface area (Å²) < 4.78 is 22.3. The van der Waals surface area contributed by atoms with Crippen molar-refractivity contribution in [3.8, 4) is 11.5 Å². The van der Waals surface area contributed by atoms with Crippen molar-refractivity contribution in [1.29, 1.82) is 0 Å². The highest BCUT2D eigenvalue weighted by atomic mass is 32.1. The molecule has 3 aliphatic rings. The van der Waals surface area contributed by atoms with E-state index in [1.807, 2.05) is 13.0 Å². The Morgan fingerprint density at radius 1 is 1.19 bits per heavy atom. The third-order valence-electron chi connectivity index (χ3n) is 6.93. The van der Waals surface area contributed by atoms with Crippen LogP contribution in [0.15, 0.2) is 29.5 Å². The van der Waals surface area contributed by atoms with Crippen LogP contribution in [0.4, 0.5) is 5.13 Å². The lowest BCUT2D eigenvalue weighted by molar-refractivity contribution is -0.131. The summed E-state index contributed by atoms with van der Waals surface area (Å²) in [6, 6.07) is 4.58. The van der Waals surface area contributed by atoms with Crippen LogP contribution in [0.3, 0.4) is 0 Å². The van der Waals surface area contributed by atoms with Crippen LogP contribution < -0.4 is 14.4 Å². The Morgan fingerprint density at radius 2 is 1.97 bits per heavy atom. The van der Waals surface area contributed by atoms with E-state index in [2.05, 4.69) is 4.98 Å². The van der Waals surface area contributed by atoms with E-state index in [1.165, 1.54) is 19.1 Å². The lowest BCUT2D eigenvalue weighted by Gasteiger charge is -2.35. The highest BCUT2D eigenvalue weighted by Crippen LogP contribution is 2.50. The fourth-order valence-electron chi connectivity index (χ4n) is 5.25. The van der Waals surface area contributed by atoms with Crippen molar-refractivity contribution in [3.05, 3.63) is 45.7 Å². The molecule has 0 N–H and O–H groups in total. The van der Waals surface area contributed by atoms with E-state index in [9.17, 15) is 14.4 Å². The number of esters is 1. The maximum Gasteiger partial charge on any atom is 0.350 e. The number of hydrogen-bond acceptors (Lipinski definition) is 9. The molecule has 5 rings (SSSR count). The molecular weight excluding hydrogens is 484 g/mol. The van der Waals surface area contributed by atoms with Gasteiger partial charge in [0.1, 0.15) is 11.0 Å². The number of aryl methyl sites for hydroxylation is 1. The van der Waals surface area contributed by atoms with Gasteiger partial charge >= 0.3 is 5.97 Å². The topological polar surface area (TPSA) is 104 Å². The molecule has 36 heavy (non-hydrogen) atoms. The minimum atomic E-state index is -0.775. The normalized spacial score (nSPS) is 23.2. The van der Waals surface area contributed by atoms with E-state index in [-0.39, 0.29) is 23.6 Å². The number of anilines is 1. The molecule has 1 fully saturated rings. The number of hydrogen-bond donors (Lipinski definition) is 0. The number of nitrogens with zero attached hydrogens (tertiary/aromatic N) is 2. The number of aromatic nitrogens is 1. The predicted molar refractivity (Wildman–Crippen MR) is 131 cm³/mol. The number of benzene rings is 1. The lowest BCUT2D eigenvalue weighted by atomic mass is 9.77. The first-order chi connectivity index (χ1) is 17.4. The Hall–Kier alpha value is -3.40. The number of amides is 1. The number of rotatable bonds is 6. The minimum Gasteiger partial charge on any atom is -0.493 e. The molecule has 0 radical (unpaired) electrons. The predicted octanol–water partition coefficient (Wildman–Crippen LogP) is 4.15. The Bertz CT molecular complexity index is 1270. The quantitative estimate of drug-likeness (QED) is 0.532. The van der Waals surface area contributed by atoms with Crippen LogP contribution in [0.2, 0.25) is 0 Å². The molecule has 3 unspecified atom stereocenters. The number of methoxy groups -OCH3 is 2. The van der Waals surface area contributed by atoms with Gasteiger partial charge < -0.3 is 18.9 Å². The number of carbonyl (C=O) groups is 3. The van der Waals surface area contributed by atoms with Gasteiger partial charge in [-0.05, 0) is 50.8 Å². The van der Waals surface area contributed by atoms with E-state index in [0.717, 1.165) is 37.0 Å². The molecule has 2 aromatic rings. The largest absolute Gasteiger partial charge is 0.493 e. The second-order valence-electron chi connectivity index (χ2n) is 8.98. The van der Waals surface area contributed by atoms with E-state index in [1.54, 1.807) is 19.1 Å². The van der Waals surface area contributed by atoms with Gasteiger partial charge in [-0.2, -0.15) is 0 Å². The summed E-state index contributed by atoms with van der Waals surface area (Å²) in [5, 5.41) is 0.296. The standard InChI is InChI=1S/C26H28N2O7S/c1-5-34-17-11-10-14(12-18(17)32-3)20-19-21(29)15-8-6-7-9-16(15)35-22(19)24(30)28(20)26-27-13(2)23(36-26)25(31)33-4/h10-12,15-16,20H,5-9H2,1-4H3. The van der Waals surface area contributed by atoms with Crippen molar-refractivity contribution in [2.24, 2.45) is 5.92 Å². The van der Waals surface area contributed by atoms with E-state index >= 15 is 0 Å². The Labute approximate surface area is 213 Å². The van der Waals surface area contributed by atoms with Crippen molar-refractivity contribution in [3.63, 3.8) is 0 Å². The van der Waals surface area contributed by atoms with Crippen molar-refractivity contribution >= 4 is 34.1 Å². The maximum atomic E-state index is 13.8. The third kappa shape index (κ3) is 3.84. The summed E-state index contributed by atoms with van der Waals surface area (Å²) in [5.41, 5.74) is 1.44. The molecule has 1 aliphatic carbocycles. The zero-order valence-corrected chi connectivity index (χ0v) is 21.5. The van der Waals surface area contributed by atoms with Crippen molar-refractivity contribution in [2.45, 2.75) is 51.7 Å². The van der Waals surface area contributed by atoms with Gasteiger partial charge in [0.2, 0.25) is 0 Å². The van der Waals surface area contributed by atoms with Crippen LogP contribution in [0.5, 0.6) is 11.5 Å². The third-order valence-corrected chi connectivity index (χ3v) is 8.07. The van der Waals surface area contributed by atoms with Gasteiger partial charge in [-0.25, -0.2) is 9.78 Å². The molecule has 1 amide bonds. The molecule has 3 heterocycles. The number of Topliss-reactive ketones (excluding diaryl/α,β-unsaturated/α-hetero) is 1. The van der Waals surface area contributed by atoms with Gasteiger partial charge in [0.15, 0.2) is 28.2 Å². The molecule has 1 saturated carbocycles. The highest BCUT2D eigenvalue weighted by molar-refractivity contribution is 7.17. The molecular formula is C26H28N2O7S. The molecule has 0 bridgehead atoms. The van der Waals surface area contributed by atoms with Gasteiger partial charge in [-0.1, -0.05) is 23.8 Å². The van der Waals surface area contributed by atoms with Crippen LogP contribution in [-0.4, -0.2) is 49.6 Å². The molecule has 1 aromatic carbocycles. The maximum absolute atomic E-state index is 13.8. The van der Waals surface area contributed by atoms with Crippen LogP contribution in [0.25, 0.3) is 0 Å². The summed E-state index contributed by atoms with van der Waals surface area (Å²) in [6.07, 6.45) is 3.09. The van der Waals surface area contributed by atoms with Crippen LogP contribution >= 0.6 is 11.3 Å². The van der Waals surface area contributed by atoms with E-state index in [0.29, 0.717) is 44.9 Å². The average Bonchev–Trinajstić information content (AvgIpc) is 3.41. The van der Waals surface area contributed by atoms with Crippen molar-refractivity contribution < 1.29 is 33.3 Å². The molecule has 1 aromatic heterocycles. The molecule has 0 saturated heterocycles. The number of ketones is 1. The van der Waals surface area contributed by atoms with E-state index in [4.69, 9.17) is 18.9 Å². The summed E-state index contributed by atoms with van der Waals surface area (Å²) in [5.74, 6) is -0.180. The average molecular weight is 513 g/mol. The Balaban J connectivity index is 1.66. The molecule has 3 atom stereocenters. The van der Waals surface area contributed by atoms with Crippen LogP contribution in [-0.2, 0) is 19.1 Å². The Morgan fingerprint density at radius 3 is 2.69 bits per heavy atom. The minimum absolute atomic E-state index is 0.0591. The summed E-state index contributed by atoms with van der Waals surface area (Å²) in [4.78, 5) is 46.2. The fourth-order valence-corrected chi connectivity index (χ4v) is 6.27. The molecule has 2 aliphatic heterocycles. The van der Waals surface area contributed by atoms with Gasteiger partial charge in [-0.3, -0.25) is 14.5 Å².